The average molecular weight is 234 g/mol. The molecule has 0 fully saturated rings. The van der Waals surface area contributed by atoms with E-state index >= 15 is 0 Å². The van der Waals surface area contributed by atoms with Crippen LogP contribution in [-0.2, 0) is 11.8 Å². The number of hydrogen-bond acceptors (Lipinski definition) is 4. The normalized spacial score (nSPS) is 10.6. The van der Waals surface area contributed by atoms with Crippen LogP contribution in [0, 0.1) is 13.8 Å². The molecule has 5 heteroatoms. The van der Waals surface area contributed by atoms with Gasteiger partial charge < -0.3 is 13.7 Å². The van der Waals surface area contributed by atoms with Crippen LogP contribution in [0.3, 0.4) is 0 Å². The van der Waals surface area contributed by atoms with Crippen molar-refractivity contribution in [1.82, 2.24) is 9.55 Å². The Labute approximate surface area is 99.0 Å². The van der Waals surface area contributed by atoms with Gasteiger partial charge in [0, 0.05) is 19.7 Å². The third-order valence-electron chi connectivity index (χ3n) is 2.72. The van der Waals surface area contributed by atoms with E-state index in [2.05, 4.69) is 9.72 Å². The maximum atomic E-state index is 11.6. The van der Waals surface area contributed by atoms with Crippen molar-refractivity contribution < 1.29 is 13.9 Å². The molecular formula is C12H14N2O3. The highest BCUT2D eigenvalue weighted by atomic mass is 16.5. The first-order valence-corrected chi connectivity index (χ1v) is 5.23. The van der Waals surface area contributed by atoms with Crippen LogP contribution < -0.4 is 0 Å². The van der Waals surface area contributed by atoms with Gasteiger partial charge in [0.25, 0.3) is 0 Å². The van der Waals surface area contributed by atoms with Crippen molar-refractivity contribution in [2.45, 2.75) is 13.8 Å². The molecule has 2 heterocycles. The summed E-state index contributed by atoms with van der Waals surface area (Å²) in [6.07, 6.45) is 0. The van der Waals surface area contributed by atoms with E-state index in [1.165, 1.54) is 7.11 Å². The van der Waals surface area contributed by atoms with Crippen molar-refractivity contribution >= 4 is 5.97 Å². The summed E-state index contributed by atoms with van der Waals surface area (Å²) in [6.45, 7) is 3.68. The van der Waals surface area contributed by atoms with Gasteiger partial charge in [0.1, 0.15) is 0 Å². The van der Waals surface area contributed by atoms with E-state index in [1.807, 2.05) is 30.7 Å². The Bertz CT molecular complexity index is 566. The Balaban J connectivity index is 2.59. The largest absolute Gasteiger partial charge is 0.464 e. The summed E-state index contributed by atoms with van der Waals surface area (Å²) in [6, 6.07) is 3.84. The zero-order valence-corrected chi connectivity index (χ0v) is 10.3. The van der Waals surface area contributed by atoms with Crippen molar-refractivity contribution in [2.75, 3.05) is 7.11 Å². The van der Waals surface area contributed by atoms with E-state index < -0.39 is 5.97 Å². The van der Waals surface area contributed by atoms with E-state index in [0.29, 0.717) is 11.7 Å². The number of esters is 1. The fourth-order valence-corrected chi connectivity index (χ4v) is 1.68. The highest BCUT2D eigenvalue weighted by Gasteiger charge is 2.22. The molecule has 0 spiro atoms. The van der Waals surface area contributed by atoms with Crippen LogP contribution in [0.1, 0.15) is 22.1 Å². The SMILES string of the molecule is COC(=O)c1nc(C)oc1-c1ccc(C)n1C. The maximum absolute atomic E-state index is 11.6. The predicted octanol–water partition coefficient (Wildman–Crippen LogP) is 2.08. The Morgan fingerprint density at radius 2 is 2.12 bits per heavy atom. The van der Waals surface area contributed by atoms with Crippen molar-refractivity contribution in [2.24, 2.45) is 7.05 Å². The molecule has 0 amide bonds. The molecule has 0 bridgehead atoms. The zero-order valence-electron chi connectivity index (χ0n) is 10.3. The van der Waals surface area contributed by atoms with E-state index in [0.717, 1.165) is 11.4 Å². The van der Waals surface area contributed by atoms with Crippen molar-refractivity contribution in [1.29, 1.82) is 0 Å². The first-order chi connectivity index (χ1) is 8.04. The molecule has 2 aromatic rings. The second kappa shape index (κ2) is 4.08. The monoisotopic (exact) mass is 234 g/mol. The molecule has 0 saturated carbocycles. The van der Waals surface area contributed by atoms with Gasteiger partial charge in [0.05, 0.1) is 12.8 Å². The highest BCUT2D eigenvalue weighted by molar-refractivity contribution is 5.93. The summed E-state index contributed by atoms with van der Waals surface area (Å²) in [5, 5.41) is 0. The number of nitrogens with zero attached hydrogens (tertiary/aromatic N) is 2. The molecule has 0 aliphatic heterocycles. The summed E-state index contributed by atoms with van der Waals surface area (Å²) < 4.78 is 12.1. The molecule has 0 aliphatic rings. The van der Waals surface area contributed by atoms with Gasteiger partial charge in [-0.3, -0.25) is 0 Å². The number of rotatable bonds is 2. The number of ether oxygens (including phenoxy) is 1. The molecule has 0 saturated heterocycles. The third-order valence-corrected chi connectivity index (χ3v) is 2.72. The number of oxazole rings is 1. The minimum absolute atomic E-state index is 0.214. The fourth-order valence-electron chi connectivity index (χ4n) is 1.68. The number of carbonyl (C=O) groups excluding carboxylic acids is 1. The molecular weight excluding hydrogens is 220 g/mol. The number of methoxy groups -OCH3 is 1. The van der Waals surface area contributed by atoms with Gasteiger partial charge in [-0.25, -0.2) is 9.78 Å². The van der Waals surface area contributed by atoms with Crippen LogP contribution in [0.4, 0.5) is 0 Å². The lowest BCUT2D eigenvalue weighted by Gasteiger charge is -2.03. The molecule has 0 aliphatic carbocycles. The molecule has 5 nitrogen and oxygen atoms in total. The topological polar surface area (TPSA) is 57.3 Å². The van der Waals surface area contributed by atoms with E-state index in [9.17, 15) is 4.79 Å². The van der Waals surface area contributed by atoms with Crippen LogP contribution in [0.2, 0.25) is 0 Å². The molecule has 0 unspecified atom stereocenters. The molecule has 90 valence electrons. The summed E-state index contributed by atoms with van der Waals surface area (Å²) in [5.41, 5.74) is 2.10. The lowest BCUT2D eigenvalue weighted by atomic mass is 10.2. The van der Waals surface area contributed by atoms with E-state index in [-0.39, 0.29) is 5.69 Å². The standard InChI is InChI=1S/C12H14N2O3/c1-7-5-6-9(14(7)3)11-10(12(15)16-4)13-8(2)17-11/h5-6H,1-4H3. The zero-order chi connectivity index (χ0) is 12.6. The Morgan fingerprint density at radius 1 is 1.41 bits per heavy atom. The smallest absolute Gasteiger partial charge is 0.360 e. The number of aryl methyl sites for hydroxylation is 2. The molecule has 17 heavy (non-hydrogen) atoms. The number of hydrogen-bond donors (Lipinski definition) is 0. The summed E-state index contributed by atoms with van der Waals surface area (Å²) >= 11 is 0. The maximum Gasteiger partial charge on any atom is 0.360 e. The molecule has 2 rings (SSSR count). The van der Waals surface area contributed by atoms with Crippen LogP contribution in [0.15, 0.2) is 16.5 Å². The lowest BCUT2D eigenvalue weighted by molar-refractivity contribution is 0.0595. The van der Waals surface area contributed by atoms with Gasteiger partial charge in [-0.15, -0.1) is 0 Å². The molecule has 2 aromatic heterocycles. The van der Waals surface area contributed by atoms with Crippen LogP contribution in [0.5, 0.6) is 0 Å². The first kappa shape index (κ1) is 11.4. The van der Waals surface area contributed by atoms with Crippen molar-refractivity contribution in [3.63, 3.8) is 0 Å². The van der Waals surface area contributed by atoms with Crippen LogP contribution in [0.25, 0.3) is 11.5 Å². The average Bonchev–Trinajstić information content (AvgIpc) is 2.83. The minimum atomic E-state index is -0.490. The van der Waals surface area contributed by atoms with Crippen LogP contribution >= 0.6 is 0 Å². The Hall–Kier alpha value is -2.04. The Morgan fingerprint density at radius 3 is 2.65 bits per heavy atom. The fraction of sp³-hybridized carbons (Fsp3) is 0.333. The van der Waals surface area contributed by atoms with Gasteiger partial charge in [-0.2, -0.15) is 0 Å². The van der Waals surface area contributed by atoms with E-state index in [4.69, 9.17) is 4.42 Å². The van der Waals surface area contributed by atoms with Crippen molar-refractivity contribution in [3.8, 4) is 11.5 Å². The van der Waals surface area contributed by atoms with Gasteiger partial charge >= 0.3 is 5.97 Å². The summed E-state index contributed by atoms with van der Waals surface area (Å²) in [4.78, 5) is 15.6. The molecule has 0 N–H and O–H groups in total. The molecule has 0 radical (unpaired) electrons. The predicted molar refractivity (Wildman–Crippen MR) is 61.7 cm³/mol. The first-order valence-electron chi connectivity index (χ1n) is 5.23. The quantitative estimate of drug-likeness (QED) is 0.746. The van der Waals surface area contributed by atoms with Gasteiger partial charge in [0.2, 0.25) is 0 Å². The number of aromatic nitrogens is 2. The van der Waals surface area contributed by atoms with Crippen molar-refractivity contribution in [3.05, 3.63) is 29.4 Å². The minimum Gasteiger partial charge on any atom is -0.464 e. The third kappa shape index (κ3) is 1.84. The lowest BCUT2D eigenvalue weighted by Crippen LogP contribution is -2.04. The summed E-state index contributed by atoms with van der Waals surface area (Å²) in [7, 11) is 3.23. The molecule has 0 atom stereocenters. The van der Waals surface area contributed by atoms with Gasteiger partial charge in [0.15, 0.2) is 17.3 Å². The highest BCUT2D eigenvalue weighted by Crippen LogP contribution is 2.26. The van der Waals surface area contributed by atoms with Gasteiger partial charge in [-0.1, -0.05) is 0 Å². The number of carbonyl (C=O) groups is 1. The second-order valence-corrected chi connectivity index (χ2v) is 3.82. The van der Waals surface area contributed by atoms with E-state index in [1.54, 1.807) is 6.92 Å². The molecule has 0 aromatic carbocycles. The van der Waals surface area contributed by atoms with Crippen LogP contribution in [-0.4, -0.2) is 22.6 Å². The Kier molecular flexibility index (Phi) is 2.75. The summed E-state index contributed by atoms with van der Waals surface area (Å²) in [5.74, 6) is 0.403. The second-order valence-electron chi connectivity index (χ2n) is 3.82. The van der Waals surface area contributed by atoms with Gasteiger partial charge in [-0.05, 0) is 19.1 Å².